The number of nitrogens with one attached hydrogen (secondary N) is 1. The molecule has 0 heterocycles. The van der Waals surface area contributed by atoms with Gasteiger partial charge in [0, 0.05) is 0 Å². The van der Waals surface area contributed by atoms with Crippen LogP contribution in [0.15, 0.2) is 59.7 Å². The molecule has 0 unspecified atom stereocenters. The molecule has 0 amide bonds. The van der Waals surface area contributed by atoms with E-state index in [1.165, 1.54) is 32.1 Å². The molecule has 2 aromatic rings. The lowest BCUT2D eigenvalue weighted by atomic mass is 9.98. The highest BCUT2D eigenvalue weighted by molar-refractivity contribution is 5.80. The van der Waals surface area contributed by atoms with Crippen molar-refractivity contribution in [2.45, 2.75) is 38.2 Å². The first-order valence-electron chi connectivity index (χ1n) is 8.01. The zero-order valence-corrected chi connectivity index (χ0v) is 12.7. The van der Waals surface area contributed by atoms with E-state index in [1.54, 1.807) is 0 Å². The summed E-state index contributed by atoms with van der Waals surface area (Å²) in [7, 11) is 0. The molecule has 3 nitrogen and oxygen atoms in total. The predicted octanol–water partition coefficient (Wildman–Crippen LogP) is 4.84. The van der Waals surface area contributed by atoms with Gasteiger partial charge in [-0.3, -0.25) is 5.43 Å². The first-order valence-corrected chi connectivity index (χ1v) is 8.01. The normalized spacial score (nSPS) is 15.8. The number of benzene rings is 2. The summed E-state index contributed by atoms with van der Waals surface area (Å²) < 4.78 is 6.02. The number of hydrogen-bond acceptors (Lipinski definition) is 3. The fraction of sp³-hybridized carbons (Fsp3) is 0.316. The maximum atomic E-state index is 6.02. The molecule has 1 saturated carbocycles. The van der Waals surface area contributed by atoms with E-state index in [-0.39, 0.29) is 0 Å². The number of ether oxygens (including phenoxy) is 1. The van der Waals surface area contributed by atoms with Crippen LogP contribution in [0.25, 0.3) is 0 Å². The van der Waals surface area contributed by atoms with Gasteiger partial charge < -0.3 is 4.74 Å². The van der Waals surface area contributed by atoms with Gasteiger partial charge in [0.2, 0.25) is 0 Å². The van der Waals surface area contributed by atoms with E-state index in [2.05, 4.69) is 10.5 Å². The largest absolute Gasteiger partial charge is 0.490 e. The monoisotopic (exact) mass is 294 g/mol. The Morgan fingerprint density at radius 1 is 0.909 bits per heavy atom. The van der Waals surface area contributed by atoms with Crippen molar-refractivity contribution in [3.8, 4) is 5.75 Å². The zero-order valence-electron chi connectivity index (χ0n) is 12.7. The Labute approximate surface area is 132 Å². The molecule has 2 aromatic carbocycles. The summed E-state index contributed by atoms with van der Waals surface area (Å²) >= 11 is 0. The Balaban J connectivity index is 1.52. The molecule has 1 aliphatic rings. The Bertz CT molecular complexity index is 587. The first kappa shape index (κ1) is 14.6. The second-order valence-electron chi connectivity index (χ2n) is 5.68. The second-order valence-corrected chi connectivity index (χ2v) is 5.68. The van der Waals surface area contributed by atoms with E-state index >= 15 is 0 Å². The highest BCUT2D eigenvalue weighted by atomic mass is 16.5. The van der Waals surface area contributed by atoms with E-state index in [0.717, 1.165) is 17.0 Å². The van der Waals surface area contributed by atoms with Gasteiger partial charge in [0.25, 0.3) is 0 Å². The number of rotatable bonds is 5. The van der Waals surface area contributed by atoms with Crippen LogP contribution < -0.4 is 10.2 Å². The van der Waals surface area contributed by atoms with Crippen molar-refractivity contribution in [2.24, 2.45) is 5.10 Å². The van der Waals surface area contributed by atoms with Gasteiger partial charge in [-0.2, -0.15) is 5.10 Å². The van der Waals surface area contributed by atoms with Crippen molar-refractivity contribution in [1.82, 2.24) is 0 Å². The van der Waals surface area contributed by atoms with Gasteiger partial charge in [0.1, 0.15) is 5.75 Å². The van der Waals surface area contributed by atoms with Crippen LogP contribution in [-0.2, 0) is 0 Å². The van der Waals surface area contributed by atoms with E-state index in [0.29, 0.717) is 6.10 Å². The van der Waals surface area contributed by atoms with E-state index in [4.69, 9.17) is 4.74 Å². The van der Waals surface area contributed by atoms with Crippen molar-refractivity contribution in [3.05, 3.63) is 60.2 Å². The van der Waals surface area contributed by atoms with Crippen LogP contribution in [0.2, 0.25) is 0 Å². The third kappa shape index (κ3) is 4.35. The first-order chi connectivity index (χ1) is 10.9. The van der Waals surface area contributed by atoms with E-state index in [9.17, 15) is 0 Å². The molecule has 3 heteroatoms. The standard InChI is InChI=1S/C19H22N2O/c1-3-7-17(8-4-1)21-20-15-16-11-13-19(14-12-16)22-18-9-5-2-6-10-18/h1,3-4,7-8,11-15,18,21H,2,5-6,9-10H2. The molecule has 0 saturated heterocycles. The highest BCUT2D eigenvalue weighted by Gasteiger charge is 2.14. The van der Waals surface area contributed by atoms with Crippen LogP contribution in [0.4, 0.5) is 5.69 Å². The van der Waals surface area contributed by atoms with Gasteiger partial charge >= 0.3 is 0 Å². The Morgan fingerprint density at radius 2 is 1.64 bits per heavy atom. The molecule has 3 rings (SSSR count). The molecule has 1 fully saturated rings. The molecule has 22 heavy (non-hydrogen) atoms. The summed E-state index contributed by atoms with van der Waals surface area (Å²) in [6.07, 6.45) is 8.52. The van der Waals surface area contributed by atoms with Crippen molar-refractivity contribution in [2.75, 3.05) is 5.43 Å². The lowest BCUT2D eigenvalue weighted by Crippen LogP contribution is -2.19. The van der Waals surface area contributed by atoms with Crippen LogP contribution in [0.5, 0.6) is 5.75 Å². The minimum absolute atomic E-state index is 0.396. The van der Waals surface area contributed by atoms with E-state index in [1.807, 2.05) is 60.8 Å². The topological polar surface area (TPSA) is 33.6 Å². The molecule has 0 bridgehead atoms. The summed E-state index contributed by atoms with van der Waals surface area (Å²) in [6, 6.07) is 18.0. The molecular weight excluding hydrogens is 272 g/mol. The average molecular weight is 294 g/mol. The SMILES string of the molecule is C(=NNc1ccccc1)c1ccc(OC2CCCCC2)cc1. The lowest BCUT2D eigenvalue weighted by molar-refractivity contribution is 0.155. The molecule has 114 valence electrons. The molecule has 1 aliphatic carbocycles. The molecule has 1 N–H and O–H groups in total. The van der Waals surface area contributed by atoms with Gasteiger partial charge in [0.05, 0.1) is 18.0 Å². The zero-order chi connectivity index (χ0) is 15.0. The van der Waals surface area contributed by atoms with Gasteiger partial charge in [-0.1, -0.05) is 24.6 Å². The van der Waals surface area contributed by atoms with Crippen LogP contribution >= 0.6 is 0 Å². The quantitative estimate of drug-likeness (QED) is 0.632. The number of para-hydroxylation sites is 1. The van der Waals surface area contributed by atoms with Crippen molar-refractivity contribution >= 4 is 11.9 Å². The van der Waals surface area contributed by atoms with Crippen LogP contribution in [0.1, 0.15) is 37.7 Å². The summed E-state index contributed by atoms with van der Waals surface area (Å²) in [6.45, 7) is 0. The highest BCUT2D eigenvalue weighted by Crippen LogP contribution is 2.23. The van der Waals surface area contributed by atoms with E-state index < -0.39 is 0 Å². The number of hydrogen-bond donors (Lipinski definition) is 1. The van der Waals surface area contributed by atoms with Crippen LogP contribution in [0, 0.1) is 0 Å². The number of anilines is 1. The number of nitrogens with zero attached hydrogens (tertiary/aromatic N) is 1. The fourth-order valence-corrected chi connectivity index (χ4v) is 2.70. The van der Waals surface area contributed by atoms with Gasteiger partial charge in [-0.05, 0) is 67.6 Å². The fourth-order valence-electron chi connectivity index (χ4n) is 2.70. The Morgan fingerprint density at radius 3 is 2.36 bits per heavy atom. The third-order valence-electron chi connectivity index (χ3n) is 3.92. The summed E-state index contributed by atoms with van der Waals surface area (Å²) in [5, 5.41) is 4.24. The maximum Gasteiger partial charge on any atom is 0.119 e. The summed E-state index contributed by atoms with van der Waals surface area (Å²) in [5.41, 5.74) is 5.05. The second kappa shape index (κ2) is 7.64. The maximum absolute atomic E-state index is 6.02. The summed E-state index contributed by atoms with van der Waals surface area (Å²) in [4.78, 5) is 0. The minimum Gasteiger partial charge on any atom is -0.490 e. The molecule has 0 atom stereocenters. The molecule has 0 aromatic heterocycles. The molecule has 0 radical (unpaired) electrons. The lowest BCUT2D eigenvalue weighted by Gasteiger charge is -2.22. The Kier molecular flexibility index (Phi) is 5.09. The van der Waals surface area contributed by atoms with Crippen molar-refractivity contribution in [1.29, 1.82) is 0 Å². The Hall–Kier alpha value is -2.29. The molecular formula is C19H22N2O. The van der Waals surface area contributed by atoms with Crippen molar-refractivity contribution < 1.29 is 4.74 Å². The minimum atomic E-state index is 0.396. The molecule has 0 spiro atoms. The van der Waals surface area contributed by atoms with Crippen LogP contribution in [-0.4, -0.2) is 12.3 Å². The third-order valence-corrected chi connectivity index (χ3v) is 3.92. The number of hydrazone groups is 1. The van der Waals surface area contributed by atoms with Crippen molar-refractivity contribution in [3.63, 3.8) is 0 Å². The van der Waals surface area contributed by atoms with Gasteiger partial charge in [0.15, 0.2) is 0 Å². The van der Waals surface area contributed by atoms with Crippen LogP contribution in [0.3, 0.4) is 0 Å². The smallest absolute Gasteiger partial charge is 0.119 e. The average Bonchev–Trinajstić information content (AvgIpc) is 2.58. The summed E-state index contributed by atoms with van der Waals surface area (Å²) in [5.74, 6) is 0.958. The van der Waals surface area contributed by atoms with Gasteiger partial charge in [-0.15, -0.1) is 0 Å². The molecule has 0 aliphatic heterocycles. The van der Waals surface area contributed by atoms with Gasteiger partial charge in [-0.25, -0.2) is 0 Å². The predicted molar refractivity (Wildman–Crippen MR) is 91.6 cm³/mol.